The van der Waals surface area contributed by atoms with Crippen LogP contribution in [0.3, 0.4) is 0 Å². The van der Waals surface area contributed by atoms with Crippen LogP contribution in [0.1, 0.15) is 39.5 Å². The van der Waals surface area contributed by atoms with Crippen molar-refractivity contribution in [1.29, 1.82) is 0 Å². The van der Waals surface area contributed by atoms with Crippen LogP contribution in [0.15, 0.2) is 0 Å². The first-order valence-corrected chi connectivity index (χ1v) is 6.00. The van der Waals surface area contributed by atoms with Crippen LogP contribution in [0, 0.1) is 5.92 Å². The largest absolute Gasteiger partial charge is 0.349 e. The van der Waals surface area contributed by atoms with E-state index in [4.69, 9.17) is 0 Å². The van der Waals surface area contributed by atoms with Gasteiger partial charge >= 0.3 is 0 Å². The Balaban J connectivity index is 2.15. The van der Waals surface area contributed by atoms with Gasteiger partial charge in [-0.15, -0.1) is 0 Å². The van der Waals surface area contributed by atoms with Gasteiger partial charge in [-0.25, -0.2) is 0 Å². The summed E-state index contributed by atoms with van der Waals surface area (Å²) in [5, 5.41) is 3.53. The maximum atomic E-state index is 11.4. The van der Waals surface area contributed by atoms with Gasteiger partial charge in [0.25, 0.3) is 0 Å². The van der Waals surface area contributed by atoms with Crippen molar-refractivity contribution < 1.29 is 4.79 Å². The van der Waals surface area contributed by atoms with Crippen molar-refractivity contribution in [2.45, 2.75) is 51.6 Å². The van der Waals surface area contributed by atoms with Crippen LogP contribution in [-0.2, 0) is 4.79 Å². The summed E-state index contributed by atoms with van der Waals surface area (Å²) in [6, 6.07) is 0.988. The summed E-state index contributed by atoms with van der Waals surface area (Å²) < 4.78 is 0. The molecule has 0 radical (unpaired) electrons. The number of hydrogen-bond acceptors (Lipinski definition) is 2. The van der Waals surface area contributed by atoms with E-state index in [-0.39, 0.29) is 5.91 Å². The highest BCUT2D eigenvalue weighted by Crippen LogP contribution is 2.34. The minimum atomic E-state index is 0.211. The summed E-state index contributed by atoms with van der Waals surface area (Å²) in [4.78, 5) is 13.1. The average Bonchev–Trinajstić information content (AvgIpc) is 2.83. The molecule has 0 aromatic carbocycles. The third-order valence-corrected chi connectivity index (χ3v) is 3.06. The van der Waals surface area contributed by atoms with Crippen LogP contribution in [0.2, 0.25) is 0 Å². The molecule has 0 aromatic rings. The highest BCUT2D eigenvalue weighted by Gasteiger charge is 2.36. The van der Waals surface area contributed by atoms with Crippen molar-refractivity contribution in [2.24, 2.45) is 5.92 Å². The number of rotatable bonds is 6. The first kappa shape index (κ1) is 12.5. The molecule has 15 heavy (non-hydrogen) atoms. The monoisotopic (exact) mass is 212 g/mol. The van der Waals surface area contributed by atoms with Gasteiger partial charge in [-0.2, -0.15) is 0 Å². The number of carbonyl (C=O) groups excluding carboxylic acids is 1. The number of nitrogens with one attached hydrogen (secondary N) is 1. The SMILES string of the molecule is CCCC1CC1NC(C)CC(=O)N(C)C. The molecule has 0 spiro atoms. The molecule has 3 unspecified atom stereocenters. The van der Waals surface area contributed by atoms with Gasteiger partial charge < -0.3 is 10.2 Å². The van der Waals surface area contributed by atoms with Crippen LogP contribution < -0.4 is 5.32 Å². The molecule has 0 aliphatic heterocycles. The lowest BCUT2D eigenvalue weighted by Gasteiger charge is -2.16. The predicted molar refractivity (Wildman–Crippen MR) is 62.7 cm³/mol. The van der Waals surface area contributed by atoms with Gasteiger partial charge in [0, 0.05) is 32.6 Å². The predicted octanol–water partition coefficient (Wildman–Crippen LogP) is 1.63. The van der Waals surface area contributed by atoms with E-state index >= 15 is 0 Å². The molecule has 1 fully saturated rings. The van der Waals surface area contributed by atoms with Crippen LogP contribution in [0.5, 0.6) is 0 Å². The molecule has 1 rings (SSSR count). The molecule has 1 amide bonds. The molecule has 0 heterocycles. The van der Waals surface area contributed by atoms with E-state index in [1.807, 2.05) is 14.1 Å². The molecule has 3 atom stereocenters. The molecular formula is C12H24N2O. The number of nitrogens with zero attached hydrogens (tertiary/aromatic N) is 1. The molecule has 0 saturated heterocycles. The van der Waals surface area contributed by atoms with Crippen molar-refractivity contribution in [2.75, 3.05) is 14.1 Å². The zero-order valence-corrected chi connectivity index (χ0v) is 10.4. The van der Waals surface area contributed by atoms with E-state index in [0.717, 1.165) is 5.92 Å². The van der Waals surface area contributed by atoms with Gasteiger partial charge in [-0.3, -0.25) is 4.79 Å². The second-order valence-electron chi connectivity index (χ2n) is 4.95. The lowest BCUT2D eigenvalue weighted by molar-refractivity contribution is -0.129. The Morgan fingerprint density at radius 1 is 1.53 bits per heavy atom. The van der Waals surface area contributed by atoms with E-state index in [2.05, 4.69) is 19.2 Å². The van der Waals surface area contributed by atoms with Crippen LogP contribution in [-0.4, -0.2) is 37.0 Å². The summed E-state index contributed by atoms with van der Waals surface area (Å²) in [7, 11) is 3.62. The molecular weight excluding hydrogens is 188 g/mol. The lowest BCUT2D eigenvalue weighted by atomic mass is 10.2. The minimum Gasteiger partial charge on any atom is -0.349 e. The quantitative estimate of drug-likeness (QED) is 0.726. The summed E-state index contributed by atoms with van der Waals surface area (Å²) in [6.07, 6.45) is 4.51. The van der Waals surface area contributed by atoms with E-state index in [1.54, 1.807) is 4.90 Å². The highest BCUT2D eigenvalue weighted by molar-refractivity contribution is 5.76. The van der Waals surface area contributed by atoms with Gasteiger partial charge in [0.1, 0.15) is 0 Å². The number of hydrogen-bond donors (Lipinski definition) is 1. The van der Waals surface area contributed by atoms with Crippen LogP contribution in [0.25, 0.3) is 0 Å². The fourth-order valence-electron chi connectivity index (χ4n) is 2.01. The topological polar surface area (TPSA) is 32.3 Å². The molecule has 1 aliphatic rings. The maximum absolute atomic E-state index is 11.4. The Hall–Kier alpha value is -0.570. The molecule has 1 N–H and O–H groups in total. The second-order valence-corrected chi connectivity index (χ2v) is 4.95. The fourth-order valence-corrected chi connectivity index (χ4v) is 2.01. The lowest BCUT2D eigenvalue weighted by Crippen LogP contribution is -2.35. The zero-order valence-electron chi connectivity index (χ0n) is 10.4. The van der Waals surface area contributed by atoms with Gasteiger partial charge in [0.05, 0.1) is 0 Å². The molecule has 0 aromatic heterocycles. The number of amides is 1. The van der Waals surface area contributed by atoms with Gasteiger partial charge in [-0.05, 0) is 25.7 Å². The zero-order chi connectivity index (χ0) is 11.4. The smallest absolute Gasteiger partial charge is 0.223 e. The minimum absolute atomic E-state index is 0.211. The molecule has 1 saturated carbocycles. The van der Waals surface area contributed by atoms with E-state index in [0.29, 0.717) is 18.5 Å². The van der Waals surface area contributed by atoms with E-state index < -0.39 is 0 Å². The molecule has 1 aliphatic carbocycles. The average molecular weight is 212 g/mol. The third kappa shape index (κ3) is 4.20. The molecule has 0 bridgehead atoms. The molecule has 3 nitrogen and oxygen atoms in total. The number of carbonyl (C=O) groups is 1. The van der Waals surface area contributed by atoms with Crippen molar-refractivity contribution >= 4 is 5.91 Å². The second kappa shape index (κ2) is 5.50. The van der Waals surface area contributed by atoms with Crippen molar-refractivity contribution in [3.05, 3.63) is 0 Å². The van der Waals surface area contributed by atoms with Gasteiger partial charge in [0.2, 0.25) is 5.91 Å². The fraction of sp³-hybridized carbons (Fsp3) is 0.917. The normalized spacial score (nSPS) is 26.1. The Morgan fingerprint density at radius 3 is 2.73 bits per heavy atom. The Labute approximate surface area is 93.2 Å². The van der Waals surface area contributed by atoms with Crippen LogP contribution in [0.4, 0.5) is 0 Å². The molecule has 88 valence electrons. The summed E-state index contributed by atoms with van der Waals surface area (Å²) in [5.74, 6) is 1.08. The van der Waals surface area contributed by atoms with Crippen molar-refractivity contribution in [3.8, 4) is 0 Å². The first-order chi connectivity index (χ1) is 7.04. The van der Waals surface area contributed by atoms with Gasteiger partial charge in [-0.1, -0.05) is 13.3 Å². The summed E-state index contributed by atoms with van der Waals surface area (Å²) in [6.45, 7) is 4.33. The first-order valence-electron chi connectivity index (χ1n) is 6.00. The highest BCUT2D eigenvalue weighted by atomic mass is 16.2. The molecule has 3 heteroatoms. The van der Waals surface area contributed by atoms with Crippen molar-refractivity contribution in [3.63, 3.8) is 0 Å². The standard InChI is InChI=1S/C12H24N2O/c1-5-6-10-8-11(10)13-9(2)7-12(15)14(3)4/h9-11,13H,5-8H2,1-4H3. The van der Waals surface area contributed by atoms with Gasteiger partial charge in [0.15, 0.2) is 0 Å². The maximum Gasteiger partial charge on any atom is 0.223 e. The van der Waals surface area contributed by atoms with E-state index in [9.17, 15) is 4.79 Å². The third-order valence-electron chi connectivity index (χ3n) is 3.06. The van der Waals surface area contributed by atoms with Crippen molar-refractivity contribution in [1.82, 2.24) is 10.2 Å². The summed E-state index contributed by atoms with van der Waals surface area (Å²) >= 11 is 0. The van der Waals surface area contributed by atoms with Crippen LogP contribution >= 0.6 is 0 Å². The van der Waals surface area contributed by atoms with E-state index in [1.165, 1.54) is 19.3 Å². The Kier molecular flexibility index (Phi) is 4.58. The summed E-state index contributed by atoms with van der Waals surface area (Å²) in [5.41, 5.74) is 0. The Morgan fingerprint density at radius 2 is 2.20 bits per heavy atom. The Bertz CT molecular complexity index is 216.